The predicted octanol–water partition coefficient (Wildman–Crippen LogP) is 1.51. The van der Waals surface area contributed by atoms with Crippen molar-refractivity contribution in [2.45, 2.75) is 10.4 Å². The van der Waals surface area contributed by atoms with E-state index in [4.69, 9.17) is 0 Å². The van der Waals surface area contributed by atoms with E-state index in [1.54, 1.807) is 4.13 Å². The van der Waals surface area contributed by atoms with Crippen LogP contribution in [0.5, 0.6) is 0 Å². The molecular formula is C7H4F3N2O6S2-. The zero-order valence-corrected chi connectivity index (χ0v) is 10.7. The van der Waals surface area contributed by atoms with Crippen LogP contribution >= 0.6 is 0 Å². The highest BCUT2D eigenvalue weighted by Gasteiger charge is 2.40. The first-order chi connectivity index (χ1) is 8.87. The number of alkyl halides is 3. The van der Waals surface area contributed by atoms with Crippen molar-refractivity contribution in [3.63, 3.8) is 0 Å². The number of rotatable bonds is 4. The minimum atomic E-state index is -6.23. The van der Waals surface area contributed by atoms with Gasteiger partial charge in [0.2, 0.25) is 0 Å². The van der Waals surface area contributed by atoms with Gasteiger partial charge in [0.25, 0.3) is 5.69 Å². The Labute approximate surface area is 110 Å². The molecule has 13 heteroatoms. The standard InChI is InChI=1S/C7H4F3N2O6S2/c8-7(9,10)20(17,18)11-19(15,16)6-3-1-5(2-4-6)12(13)14/h1-4H/q-1. The molecule has 0 fully saturated rings. The lowest BCUT2D eigenvalue weighted by atomic mass is 10.3. The van der Waals surface area contributed by atoms with Gasteiger partial charge in [0.1, 0.15) is 10.0 Å². The Morgan fingerprint density at radius 3 is 1.85 bits per heavy atom. The van der Waals surface area contributed by atoms with Crippen LogP contribution in [0.2, 0.25) is 0 Å². The quantitative estimate of drug-likeness (QED) is 0.607. The molecule has 0 unspecified atom stereocenters. The molecule has 0 aliphatic heterocycles. The molecule has 0 amide bonds. The SMILES string of the molecule is O=[N+]([O-])c1ccc(S(=O)(=O)[N-]S(=O)(=O)C(F)(F)F)cc1. The molecule has 1 aromatic rings. The first-order valence-electron chi connectivity index (χ1n) is 4.42. The van der Waals surface area contributed by atoms with Crippen LogP contribution in [-0.4, -0.2) is 27.3 Å². The van der Waals surface area contributed by atoms with Crippen molar-refractivity contribution in [3.05, 3.63) is 38.5 Å². The van der Waals surface area contributed by atoms with Crippen LogP contribution in [0.4, 0.5) is 18.9 Å². The summed E-state index contributed by atoms with van der Waals surface area (Å²) < 4.78 is 81.8. The van der Waals surface area contributed by atoms with E-state index in [0.29, 0.717) is 24.3 Å². The summed E-state index contributed by atoms with van der Waals surface area (Å²) in [6, 6.07) is 2.51. The van der Waals surface area contributed by atoms with Gasteiger partial charge in [0.15, 0.2) is 10.0 Å². The van der Waals surface area contributed by atoms with E-state index >= 15 is 0 Å². The largest absolute Gasteiger partial charge is 0.480 e. The number of nitrogens with zero attached hydrogens (tertiary/aromatic N) is 2. The lowest BCUT2D eigenvalue weighted by Crippen LogP contribution is -2.24. The fourth-order valence-electron chi connectivity index (χ4n) is 0.954. The molecule has 0 saturated carbocycles. The minimum Gasteiger partial charge on any atom is -0.424 e. The Morgan fingerprint density at radius 2 is 1.50 bits per heavy atom. The lowest BCUT2D eigenvalue weighted by molar-refractivity contribution is -0.384. The Kier molecular flexibility index (Phi) is 4.07. The van der Waals surface area contributed by atoms with E-state index in [1.807, 2.05) is 0 Å². The van der Waals surface area contributed by atoms with Crippen LogP contribution in [0.3, 0.4) is 0 Å². The van der Waals surface area contributed by atoms with Crippen molar-refractivity contribution < 1.29 is 34.9 Å². The summed E-state index contributed by atoms with van der Waals surface area (Å²) in [7, 11) is -11.4. The average molecular weight is 333 g/mol. The second kappa shape index (κ2) is 4.99. The van der Waals surface area contributed by atoms with Crippen LogP contribution in [0.25, 0.3) is 4.13 Å². The zero-order valence-electron chi connectivity index (χ0n) is 9.10. The van der Waals surface area contributed by atoms with E-state index in [-0.39, 0.29) is 0 Å². The second-order valence-corrected chi connectivity index (χ2v) is 6.65. The molecule has 1 aromatic carbocycles. The van der Waals surface area contributed by atoms with Crippen LogP contribution in [-0.2, 0) is 20.0 Å². The zero-order chi connectivity index (χ0) is 15.8. The Balaban J connectivity index is 3.16. The van der Waals surface area contributed by atoms with Gasteiger partial charge in [-0.25, -0.2) is 16.8 Å². The van der Waals surface area contributed by atoms with Crippen LogP contribution in [0.1, 0.15) is 0 Å². The summed E-state index contributed by atoms with van der Waals surface area (Å²) in [5.74, 6) is 0. The van der Waals surface area contributed by atoms with E-state index in [9.17, 15) is 40.1 Å². The number of benzene rings is 1. The molecule has 8 nitrogen and oxygen atoms in total. The highest BCUT2D eigenvalue weighted by atomic mass is 32.3. The number of sulfonamides is 2. The number of hydrogen-bond donors (Lipinski definition) is 0. The molecule has 112 valence electrons. The third kappa shape index (κ3) is 3.43. The van der Waals surface area contributed by atoms with Crippen molar-refractivity contribution in [3.8, 4) is 0 Å². The monoisotopic (exact) mass is 333 g/mol. The van der Waals surface area contributed by atoms with Gasteiger partial charge in [-0.1, -0.05) is 0 Å². The molecule has 0 bridgehead atoms. The van der Waals surface area contributed by atoms with Gasteiger partial charge in [-0.05, 0) is 12.1 Å². The molecule has 0 heterocycles. The smallest absolute Gasteiger partial charge is 0.424 e. The fraction of sp³-hybridized carbons (Fsp3) is 0.143. The maximum Gasteiger partial charge on any atom is 0.480 e. The molecule has 0 radical (unpaired) electrons. The molecule has 0 aromatic heterocycles. The molecule has 0 N–H and O–H groups in total. The summed E-state index contributed by atoms with van der Waals surface area (Å²) in [5, 5.41) is 10.3. The molecule has 0 aliphatic rings. The highest BCUT2D eigenvalue weighted by Crippen LogP contribution is 2.32. The summed E-state index contributed by atoms with van der Waals surface area (Å²) in [4.78, 5) is 8.51. The topological polar surface area (TPSA) is 126 Å². The van der Waals surface area contributed by atoms with Gasteiger partial charge in [-0.15, -0.1) is 0 Å². The number of nitro benzene ring substituents is 1. The number of hydrogen-bond acceptors (Lipinski definition) is 6. The third-order valence-electron chi connectivity index (χ3n) is 1.83. The maximum absolute atomic E-state index is 12.0. The van der Waals surface area contributed by atoms with Crippen molar-refractivity contribution in [2.24, 2.45) is 0 Å². The maximum atomic E-state index is 12.0. The van der Waals surface area contributed by atoms with Gasteiger partial charge >= 0.3 is 5.51 Å². The highest BCUT2D eigenvalue weighted by molar-refractivity contribution is 8.12. The fourth-order valence-corrected chi connectivity index (χ4v) is 3.15. The lowest BCUT2D eigenvalue weighted by Gasteiger charge is -2.21. The van der Waals surface area contributed by atoms with Gasteiger partial charge in [0.05, 0.1) is 4.92 Å². The minimum absolute atomic E-state index is 0.525. The Bertz CT molecular complexity index is 723. The van der Waals surface area contributed by atoms with E-state index in [1.165, 1.54) is 0 Å². The molecular weight excluding hydrogens is 329 g/mol. The number of nitro groups is 1. The van der Waals surface area contributed by atoms with Gasteiger partial charge in [-0.2, -0.15) is 13.2 Å². The second-order valence-electron chi connectivity index (χ2n) is 3.22. The molecule has 0 aliphatic carbocycles. The summed E-state index contributed by atoms with van der Waals surface area (Å²) in [5.41, 5.74) is -6.39. The third-order valence-corrected chi connectivity index (χ3v) is 4.86. The molecule has 0 saturated heterocycles. The molecule has 0 spiro atoms. The van der Waals surface area contributed by atoms with Crippen LogP contribution < -0.4 is 0 Å². The van der Waals surface area contributed by atoms with E-state index in [2.05, 4.69) is 0 Å². The summed E-state index contributed by atoms with van der Waals surface area (Å²) >= 11 is 0. The average Bonchev–Trinajstić information content (AvgIpc) is 2.26. The Morgan fingerprint density at radius 1 is 1.05 bits per heavy atom. The van der Waals surface area contributed by atoms with Crippen LogP contribution in [0, 0.1) is 10.1 Å². The van der Waals surface area contributed by atoms with Gasteiger partial charge in [-0.3, -0.25) is 10.1 Å². The van der Waals surface area contributed by atoms with Crippen molar-refractivity contribution in [2.75, 3.05) is 0 Å². The van der Waals surface area contributed by atoms with Crippen LogP contribution in [0.15, 0.2) is 29.2 Å². The summed E-state index contributed by atoms with van der Waals surface area (Å²) in [6.07, 6.45) is 0. The Hall–Kier alpha value is -1.73. The molecule has 20 heavy (non-hydrogen) atoms. The van der Waals surface area contributed by atoms with Crippen molar-refractivity contribution in [1.29, 1.82) is 0 Å². The van der Waals surface area contributed by atoms with Gasteiger partial charge < -0.3 is 4.13 Å². The number of non-ortho nitro benzene ring substituents is 1. The van der Waals surface area contributed by atoms with Gasteiger partial charge in [0, 0.05) is 17.0 Å². The van der Waals surface area contributed by atoms with Crippen molar-refractivity contribution in [1.82, 2.24) is 0 Å². The first-order valence-corrected chi connectivity index (χ1v) is 7.30. The normalized spacial score (nSPS) is 13.2. The van der Waals surface area contributed by atoms with E-state index < -0.39 is 41.1 Å². The number of halogens is 3. The molecule has 1 rings (SSSR count). The van der Waals surface area contributed by atoms with Crippen molar-refractivity contribution >= 4 is 25.7 Å². The van der Waals surface area contributed by atoms with E-state index in [0.717, 1.165) is 0 Å². The molecule has 0 atom stereocenters. The first kappa shape index (κ1) is 16.3. The predicted molar refractivity (Wildman–Crippen MR) is 58.6 cm³/mol. The summed E-state index contributed by atoms with van der Waals surface area (Å²) in [6.45, 7) is 0.